The molecule has 0 spiro atoms. The normalized spacial score (nSPS) is 16.3. The molecule has 0 aliphatic carbocycles. The summed E-state index contributed by atoms with van der Waals surface area (Å²) in [5.74, 6) is 1.88. The van der Waals surface area contributed by atoms with Crippen LogP contribution >= 0.6 is 0 Å². The van der Waals surface area contributed by atoms with Crippen molar-refractivity contribution in [2.75, 3.05) is 62.2 Å². The van der Waals surface area contributed by atoms with Gasteiger partial charge in [-0.15, -0.1) is 0 Å². The third-order valence-electron chi connectivity index (χ3n) is 8.23. The van der Waals surface area contributed by atoms with Crippen molar-refractivity contribution in [1.29, 1.82) is 0 Å². The van der Waals surface area contributed by atoms with E-state index in [4.69, 9.17) is 0 Å². The molecule has 2 aliphatic rings. The Kier molecular flexibility index (Phi) is 8.51. The summed E-state index contributed by atoms with van der Waals surface area (Å²) < 4.78 is 0. The molecule has 2 N–H and O–H groups in total. The van der Waals surface area contributed by atoms with Gasteiger partial charge in [-0.3, -0.25) is 0 Å². The van der Waals surface area contributed by atoms with Gasteiger partial charge in [0.2, 0.25) is 0 Å². The van der Waals surface area contributed by atoms with Gasteiger partial charge >= 0.3 is 12.1 Å². The standard InChI is InChI=1S/C32H42N8O2/c1-31(2,35-29(41)39-20-16-37(17-21-39)27-12-5-7-14-33-27)25-10-9-11-26(24-25)32(3,4)36-30(42)40-22-18-38(19-23-40)28-13-6-8-15-34-28/h5-15,24H,16-23H2,1-4H3,(H,35,41)(H,36,42). The Labute approximate surface area is 248 Å². The summed E-state index contributed by atoms with van der Waals surface area (Å²) in [5, 5.41) is 6.47. The topological polar surface area (TPSA) is 96.9 Å². The van der Waals surface area contributed by atoms with Crippen LogP contribution in [0.25, 0.3) is 0 Å². The second kappa shape index (κ2) is 12.3. The fraction of sp³-hybridized carbons (Fsp3) is 0.438. The first-order valence-electron chi connectivity index (χ1n) is 14.7. The molecule has 0 radical (unpaired) electrons. The van der Waals surface area contributed by atoms with Crippen LogP contribution in [-0.4, -0.2) is 84.2 Å². The number of urea groups is 2. The summed E-state index contributed by atoms with van der Waals surface area (Å²) in [5.41, 5.74) is 0.749. The number of hydrogen-bond acceptors (Lipinski definition) is 6. The SMILES string of the molecule is CC(C)(NC(=O)N1CCN(c2ccccn2)CC1)c1cccc(C(C)(C)NC(=O)N2CCN(c3ccccn3)CC2)c1. The number of nitrogens with zero attached hydrogens (tertiary/aromatic N) is 6. The highest BCUT2D eigenvalue weighted by Gasteiger charge is 2.31. The van der Waals surface area contributed by atoms with Gasteiger partial charge in [-0.05, 0) is 63.1 Å². The molecule has 2 fully saturated rings. The molecule has 3 aromatic rings. The second-order valence-corrected chi connectivity index (χ2v) is 12.0. The van der Waals surface area contributed by atoms with Crippen molar-refractivity contribution in [3.8, 4) is 0 Å². The monoisotopic (exact) mass is 570 g/mol. The average molecular weight is 571 g/mol. The molecule has 4 amide bonds. The lowest BCUT2D eigenvalue weighted by Gasteiger charge is -2.38. The summed E-state index contributed by atoms with van der Waals surface area (Å²) >= 11 is 0. The number of pyridine rings is 2. The maximum absolute atomic E-state index is 13.3. The van der Waals surface area contributed by atoms with E-state index in [0.717, 1.165) is 48.9 Å². The van der Waals surface area contributed by atoms with E-state index in [1.807, 2.05) is 92.1 Å². The number of carbonyl (C=O) groups is 2. The van der Waals surface area contributed by atoms with Crippen molar-refractivity contribution in [3.63, 3.8) is 0 Å². The van der Waals surface area contributed by atoms with E-state index in [-0.39, 0.29) is 12.1 Å². The molecule has 10 heteroatoms. The number of amides is 4. The van der Waals surface area contributed by atoms with E-state index >= 15 is 0 Å². The average Bonchev–Trinajstić information content (AvgIpc) is 3.02. The summed E-state index contributed by atoms with van der Waals surface area (Å²) in [6.45, 7) is 13.6. The van der Waals surface area contributed by atoms with Gasteiger partial charge in [0, 0.05) is 64.8 Å². The van der Waals surface area contributed by atoms with Crippen LogP contribution in [0.1, 0.15) is 38.8 Å². The number of carbonyl (C=O) groups excluding carboxylic acids is 2. The predicted octanol–water partition coefficient (Wildman–Crippen LogP) is 4.01. The summed E-state index contributed by atoms with van der Waals surface area (Å²) in [6.07, 6.45) is 3.59. The molecule has 42 heavy (non-hydrogen) atoms. The molecule has 2 saturated heterocycles. The van der Waals surface area contributed by atoms with Crippen LogP contribution in [0.3, 0.4) is 0 Å². The summed E-state index contributed by atoms with van der Waals surface area (Å²) in [7, 11) is 0. The van der Waals surface area contributed by atoms with Crippen molar-refractivity contribution in [3.05, 3.63) is 84.2 Å². The van der Waals surface area contributed by atoms with E-state index in [1.165, 1.54) is 0 Å². The van der Waals surface area contributed by atoms with Gasteiger partial charge < -0.3 is 30.2 Å². The lowest BCUT2D eigenvalue weighted by atomic mass is 9.87. The number of aromatic nitrogens is 2. The fourth-order valence-electron chi connectivity index (χ4n) is 5.49. The van der Waals surface area contributed by atoms with Crippen molar-refractivity contribution < 1.29 is 9.59 Å². The fourth-order valence-corrected chi connectivity index (χ4v) is 5.49. The molecule has 0 saturated carbocycles. The zero-order valence-corrected chi connectivity index (χ0v) is 25.1. The quantitative estimate of drug-likeness (QED) is 0.465. The van der Waals surface area contributed by atoms with Gasteiger partial charge in [-0.25, -0.2) is 19.6 Å². The van der Waals surface area contributed by atoms with Crippen LogP contribution in [0.4, 0.5) is 21.2 Å². The van der Waals surface area contributed by atoms with E-state index in [2.05, 4.69) is 36.5 Å². The highest BCUT2D eigenvalue weighted by atomic mass is 16.2. The number of piperazine rings is 2. The molecule has 5 rings (SSSR count). The maximum Gasteiger partial charge on any atom is 0.318 e. The third kappa shape index (κ3) is 6.75. The summed E-state index contributed by atoms with van der Waals surface area (Å²) in [4.78, 5) is 43.5. The van der Waals surface area contributed by atoms with Crippen molar-refractivity contribution in [1.82, 2.24) is 30.4 Å². The summed E-state index contributed by atoms with van der Waals surface area (Å²) in [6, 6.07) is 19.7. The first kappa shape index (κ1) is 29.2. The van der Waals surface area contributed by atoms with E-state index in [1.54, 1.807) is 12.4 Å². The number of benzene rings is 1. The molecule has 0 unspecified atom stereocenters. The first-order valence-corrected chi connectivity index (χ1v) is 14.7. The number of nitrogens with one attached hydrogen (secondary N) is 2. The van der Waals surface area contributed by atoms with Crippen molar-refractivity contribution >= 4 is 23.7 Å². The third-order valence-corrected chi connectivity index (χ3v) is 8.23. The minimum atomic E-state index is -0.604. The van der Waals surface area contributed by atoms with Gasteiger partial charge in [0.05, 0.1) is 11.1 Å². The van der Waals surface area contributed by atoms with E-state index < -0.39 is 11.1 Å². The molecule has 2 aromatic heterocycles. The van der Waals surface area contributed by atoms with Gasteiger partial charge in [0.25, 0.3) is 0 Å². The lowest BCUT2D eigenvalue weighted by Crippen LogP contribution is -2.55. The Morgan fingerprint density at radius 1 is 0.595 bits per heavy atom. The molecule has 0 atom stereocenters. The Morgan fingerprint density at radius 3 is 1.36 bits per heavy atom. The molecule has 0 bridgehead atoms. The van der Waals surface area contributed by atoms with Gasteiger partial charge in [0.15, 0.2) is 0 Å². The number of rotatable bonds is 6. The Bertz CT molecular complexity index is 1250. The van der Waals surface area contributed by atoms with Crippen molar-refractivity contribution in [2.45, 2.75) is 38.8 Å². The Hall–Kier alpha value is -4.34. The van der Waals surface area contributed by atoms with Crippen LogP contribution < -0.4 is 20.4 Å². The zero-order valence-electron chi connectivity index (χ0n) is 25.1. The van der Waals surface area contributed by atoms with Crippen molar-refractivity contribution in [2.24, 2.45) is 0 Å². The van der Waals surface area contributed by atoms with Gasteiger partial charge in [0.1, 0.15) is 11.6 Å². The zero-order chi connectivity index (χ0) is 29.7. The smallest absolute Gasteiger partial charge is 0.318 e. The Balaban J connectivity index is 1.16. The predicted molar refractivity (Wildman–Crippen MR) is 166 cm³/mol. The van der Waals surface area contributed by atoms with Crippen LogP contribution in [0, 0.1) is 0 Å². The van der Waals surface area contributed by atoms with Crippen LogP contribution in [0.5, 0.6) is 0 Å². The minimum absolute atomic E-state index is 0.0801. The minimum Gasteiger partial charge on any atom is -0.353 e. The molecule has 222 valence electrons. The first-order chi connectivity index (χ1) is 20.1. The molecule has 4 heterocycles. The van der Waals surface area contributed by atoms with E-state index in [9.17, 15) is 9.59 Å². The Morgan fingerprint density at radius 2 is 1.00 bits per heavy atom. The molecule has 1 aromatic carbocycles. The molecular formula is C32H42N8O2. The van der Waals surface area contributed by atoms with Crippen LogP contribution in [0.15, 0.2) is 73.1 Å². The molecule has 2 aliphatic heterocycles. The highest BCUT2D eigenvalue weighted by Crippen LogP contribution is 2.27. The van der Waals surface area contributed by atoms with Gasteiger partial charge in [-0.1, -0.05) is 36.4 Å². The molecular weight excluding hydrogens is 528 g/mol. The number of hydrogen-bond donors (Lipinski definition) is 2. The highest BCUT2D eigenvalue weighted by molar-refractivity contribution is 5.76. The number of anilines is 2. The lowest BCUT2D eigenvalue weighted by molar-refractivity contribution is 0.183. The van der Waals surface area contributed by atoms with E-state index in [0.29, 0.717) is 26.2 Å². The van der Waals surface area contributed by atoms with Crippen LogP contribution in [0.2, 0.25) is 0 Å². The van der Waals surface area contributed by atoms with Crippen LogP contribution in [-0.2, 0) is 11.1 Å². The molecule has 10 nitrogen and oxygen atoms in total. The second-order valence-electron chi connectivity index (χ2n) is 12.0. The van der Waals surface area contributed by atoms with Gasteiger partial charge in [-0.2, -0.15) is 0 Å². The maximum atomic E-state index is 13.3. The largest absolute Gasteiger partial charge is 0.353 e.